The molecule has 1 N–H and O–H groups in total. The predicted octanol–water partition coefficient (Wildman–Crippen LogP) is 2.96. The molecule has 0 spiro atoms. The minimum absolute atomic E-state index is 0.144. The van der Waals surface area contributed by atoms with Gasteiger partial charge in [-0.15, -0.1) is 0 Å². The van der Waals surface area contributed by atoms with Crippen LogP contribution in [0.1, 0.15) is 29.4 Å². The minimum atomic E-state index is -0.347. The highest BCUT2D eigenvalue weighted by Gasteiger charge is 2.32. The Balaban J connectivity index is 1.46. The third-order valence-corrected chi connectivity index (χ3v) is 4.18. The highest BCUT2D eigenvalue weighted by atomic mass is 19.1. The van der Waals surface area contributed by atoms with Crippen LogP contribution in [0, 0.1) is 11.2 Å². The van der Waals surface area contributed by atoms with E-state index >= 15 is 0 Å². The Morgan fingerprint density at radius 1 is 1.36 bits per heavy atom. The second-order valence-electron chi connectivity index (χ2n) is 6.59. The molecule has 0 saturated carbocycles. The molecule has 2 aromatic rings. The monoisotopic (exact) mass is 344 g/mol. The Morgan fingerprint density at radius 2 is 2.20 bits per heavy atom. The topological polar surface area (TPSA) is 60.5 Å². The molecule has 0 bridgehead atoms. The highest BCUT2D eigenvalue weighted by molar-refractivity contribution is 5.93. The van der Waals surface area contributed by atoms with Gasteiger partial charge in [0.15, 0.2) is 0 Å². The van der Waals surface area contributed by atoms with E-state index in [1.807, 2.05) is 0 Å². The number of nitrogens with zero attached hydrogens (tertiary/aromatic N) is 1. The molecule has 1 saturated heterocycles. The van der Waals surface area contributed by atoms with Crippen LogP contribution in [0.5, 0.6) is 5.75 Å². The first kappa shape index (κ1) is 17.4. The van der Waals surface area contributed by atoms with E-state index in [4.69, 9.17) is 9.47 Å². The number of nitrogens with one attached hydrogen (secondary N) is 1. The van der Waals surface area contributed by atoms with E-state index < -0.39 is 0 Å². The number of pyridine rings is 1. The molecule has 2 heterocycles. The molecule has 25 heavy (non-hydrogen) atoms. The molecule has 1 aliphatic heterocycles. The van der Waals surface area contributed by atoms with Crippen molar-refractivity contribution in [2.45, 2.75) is 20.0 Å². The van der Waals surface area contributed by atoms with Crippen molar-refractivity contribution < 1.29 is 18.7 Å². The van der Waals surface area contributed by atoms with E-state index in [0.717, 1.165) is 19.6 Å². The Bertz CT molecular complexity index is 730. The molecule has 6 heteroatoms. The summed E-state index contributed by atoms with van der Waals surface area (Å²) in [4.78, 5) is 16.3. The Labute approximate surface area is 146 Å². The van der Waals surface area contributed by atoms with Gasteiger partial charge in [0, 0.05) is 24.2 Å². The van der Waals surface area contributed by atoms with E-state index in [0.29, 0.717) is 23.6 Å². The number of aromatic nitrogens is 1. The van der Waals surface area contributed by atoms with Crippen LogP contribution in [0.25, 0.3) is 0 Å². The van der Waals surface area contributed by atoms with Crippen LogP contribution in [0.2, 0.25) is 0 Å². The Hall–Kier alpha value is -2.47. The maximum atomic E-state index is 13.1. The second-order valence-corrected chi connectivity index (χ2v) is 6.59. The van der Waals surface area contributed by atoms with Gasteiger partial charge < -0.3 is 14.8 Å². The summed E-state index contributed by atoms with van der Waals surface area (Å²) in [6.45, 7) is 4.49. The van der Waals surface area contributed by atoms with Gasteiger partial charge in [0.1, 0.15) is 18.2 Å². The average Bonchev–Trinajstić information content (AvgIpc) is 2.59. The van der Waals surface area contributed by atoms with E-state index in [-0.39, 0.29) is 23.7 Å². The first-order chi connectivity index (χ1) is 12.0. The van der Waals surface area contributed by atoms with Gasteiger partial charge in [-0.2, -0.15) is 0 Å². The van der Waals surface area contributed by atoms with Gasteiger partial charge in [-0.05, 0) is 30.7 Å². The highest BCUT2D eigenvalue weighted by Crippen LogP contribution is 2.29. The number of rotatable bonds is 7. The van der Waals surface area contributed by atoms with Crippen molar-refractivity contribution in [1.82, 2.24) is 10.3 Å². The number of halogens is 1. The van der Waals surface area contributed by atoms with E-state index in [9.17, 15) is 9.18 Å². The summed E-state index contributed by atoms with van der Waals surface area (Å²) in [5.41, 5.74) is 1.35. The summed E-state index contributed by atoms with van der Waals surface area (Å²) in [6, 6.07) is 9.38. The van der Waals surface area contributed by atoms with Gasteiger partial charge in [-0.3, -0.25) is 9.78 Å². The van der Waals surface area contributed by atoms with Gasteiger partial charge in [-0.1, -0.05) is 13.0 Å². The van der Waals surface area contributed by atoms with Gasteiger partial charge >= 0.3 is 0 Å². The van der Waals surface area contributed by atoms with Crippen molar-refractivity contribution in [2.24, 2.45) is 5.41 Å². The summed E-state index contributed by atoms with van der Waals surface area (Å²) >= 11 is 0. The smallest absolute Gasteiger partial charge is 0.252 e. The van der Waals surface area contributed by atoms with Crippen LogP contribution in [0.4, 0.5) is 4.39 Å². The molecule has 1 fully saturated rings. The standard InChI is InChI=1S/C19H21FN2O3/c1-19(12-24-13-19)7-8-21-18(23)14-5-6-16(22-10-14)11-25-17-4-2-3-15(20)9-17/h2-6,9-10H,7-8,11-13H2,1H3,(H,21,23). The average molecular weight is 344 g/mol. The first-order valence-electron chi connectivity index (χ1n) is 8.23. The van der Waals surface area contributed by atoms with Crippen molar-refractivity contribution in [3.63, 3.8) is 0 Å². The van der Waals surface area contributed by atoms with Gasteiger partial charge in [0.2, 0.25) is 0 Å². The van der Waals surface area contributed by atoms with Crippen LogP contribution >= 0.6 is 0 Å². The lowest BCUT2D eigenvalue weighted by Crippen LogP contribution is -2.42. The predicted molar refractivity (Wildman–Crippen MR) is 90.8 cm³/mol. The van der Waals surface area contributed by atoms with Gasteiger partial charge in [-0.25, -0.2) is 4.39 Å². The molecule has 0 radical (unpaired) electrons. The summed E-state index contributed by atoms with van der Waals surface area (Å²) in [7, 11) is 0. The number of carbonyl (C=O) groups is 1. The molecule has 1 aromatic heterocycles. The molecule has 132 valence electrons. The van der Waals surface area contributed by atoms with Crippen molar-refractivity contribution in [1.29, 1.82) is 0 Å². The zero-order valence-electron chi connectivity index (χ0n) is 14.1. The summed E-state index contributed by atoms with van der Waals surface area (Å²) in [5, 5.41) is 2.90. The zero-order chi connectivity index (χ0) is 17.7. The van der Waals surface area contributed by atoms with E-state index in [2.05, 4.69) is 17.2 Å². The van der Waals surface area contributed by atoms with E-state index in [1.165, 1.54) is 18.3 Å². The lowest BCUT2D eigenvalue weighted by molar-refractivity contribution is -0.104. The number of benzene rings is 1. The lowest BCUT2D eigenvalue weighted by Gasteiger charge is -2.38. The summed E-state index contributed by atoms with van der Waals surface area (Å²) in [5.74, 6) is -0.0502. The van der Waals surface area contributed by atoms with Crippen LogP contribution in [-0.2, 0) is 11.3 Å². The molecule has 1 aromatic carbocycles. The molecule has 3 rings (SSSR count). The largest absolute Gasteiger partial charge is 0.487 e. The van der Waals surface area contributed by atoms with Crippen LogP contribution in [0.15, 0.2) is 42.6 Å². The SMILES string of the molecule is CC1(CCNC(=O)c2ccc(COc3cccc(F)c3)nc2)COC1. The van der Waals surface area contributed by atoms with Crippen molar-refractivity contribution >= 4 is 5.91 Å². The minimum Gasteiger partial charge on any atom is -0.487 e. The number of amides is 1. The molecule has 0 atom stereocenters. The maximum absolute atomic E-state index is 13.1. The van der Waals surface area contributed by atoms with Crippen molar-refractivity contribution in [3.8, 4) is 5.75 Å². The number of ether oxygens (including phenoxy) is 2. The molecule has 5 nitrogen and oxygen atoms in total. The third kappa shape index (κ3) is 4.76. The number of hydrogen-bond donors (Lipinski definition) is 1. The molecule has 1 amide bonds. The van der Waals surface area contributed by atoms with Crippen LogP contribution < -0.4 is 10.1 Å². The molecule has 1 aliphatic rings. The summed E-state index contributed by atoms with van der Waals surface area (Å²) in [6.07, 6.45) is 2.42. The van der Waals surface area contributed by atoms with Crippen LogP contribution in [-0.4, -0.2) is 30.6 Å². The normalized spacial score (nSPS) is 15.3. The van der Waals surface area contributed by atoms with E-state index in [1.54, 1.807) is 24.3 Å². The lowest BCUT2D eigenvalue weighted by atomic mass is 9.85. The Kier molecular flexibility index (Phi) is 5.28. The summed E-state index contributed by atoms with van der Waals surface area (Å²) < 4.78 is 23.8. The van der Waals surface area contributed by atoms with Gasteiger partial charge in [0.05, 0.1) is 24.5 Å². The van der Waals surface area contributed by atoms with Crippen molar-refractivity contribution in [2.75, 3.05) is 19.8 Å². The first-order valence-corrected chi connectivity index (χ1v) is 8.23. The fraction of sp³-hybridized carbons (Fsp3) is 0.368. The number of carbonyl (C=O) groups excluding carboxylic acids is 1. The van der Waals surface area contributed by atoms with Crippen LogP contribution in [0.3, 0.4) is 0 Å². The molecule has 0 unspecified atom stereocenters. The molecule has 0 aliphatic carbocycles. The zero-order valence-corrected chi connectivity index (χ0v) is 14.1. The number of hydrogen-bond acceptors (Lipinski definition) is 4. The quantitative estimate of drug-likeness (QED) is 0.839. The molecular formula is C19H21FN2O3. The van der Waals surface area contributed by atoms with Gasteiger partial charge in [0.25, 0.3) is 5.91 Å². The molecular weight excluding hydrogens is 323 g/mol. The fourth-order valence-electron chi connectivity index (χ4n) is 2.53. The fourth-order valence-corrected chi connectivity index (χ4v) is 2.53. The third-order valence-electron chi connectivity index (χ3n) is 4.18. The maximum Gasteiger partial charge on any atom is 0.252 e. The second kappa shape index (κ2) is 7.61. The van der Waals surface area contributed by atoms with Crippen molar-refractivity contribution in [3.05, 3.63) is 59.7 Å². The Morgan fingerprint density at radius 3 is 2.84 bits per heavy atom.